The summed E-state index contributed by atoms with van der Waals surface area (Å²) >= 11 is 4.07. The van der Waals surface area contributed by atoms with Gasteiger partial charge in [0.25, 0.3) is 0 Å². The zero-order valence-electron chi connectivity index (χ0n) is 5.25. The van der Waals surface area contributed by atoms with Crippen molar-refractivity contribution in [3.05, 3.63) is 23.6 Å². The Labute approximate surface area is 86.6 Å². The number of rotatable bonds is 0. The van der Waals surface area contributed by atoms with Crippen molar-refractivity contribution in [2.75, 3.05) is 0 Å². The van der Waals surface area contributed by atoms with E-state index in [0.717, 1.165) is 11.2 Å². The summed E-state index contributed by atoms with van der Waals surface area (Å²) in [6.45, 7) is 2.00. The summed E-state index contributed by atoms with van der Waals surface area (Å²) in [7, 11) is 0. The van der Waals surface area contributed by atoms with Crippen molar-refractivity contribution in [3.63, 3.8) is 0 Å². The number of halogens is 2. The van der Waals surface area contributed by atoms with Crippen molar-refractivity contribution in [1.29, 1.82) is 0 Å². The maximum atomic E-state index is 4.08. The summed E-state index contributed by atoms with van der Waals surface area (Å²) in [5.41, 5.74) is 1.87. The molecule has 0 unspecified atom stereocenters. The number of hydrogen-bond donors (Lipinski definition) is 0. The third-order valence-corrected chi connectivity index (χ3v) is 2.11. The molecule has 3 nitrogen and oxygen atoms in total. The van der Waals surface area contributed by atoms with Gasteiger partial charge in [0.15, 0.2) is 0 Å². The van der Waals surface area contributed by atoms with Gasteiger partial charge in [-0.25, -0.2) is 4.98 Å². The first-order valence-corrected chi connectivity index (χ1v) is 4.53. The predicted molar refractivity (Wildman–Crippen MR) is 56.0 cm³/mol. The van der Waals surface area contributed by atoms with E-state index in [2.05, 4.69) is 31.1 Å². The largest absolute Gasteiger partial charge is 0.257 e. The Hall–Kier alpha value is 0.340. The Morgan fingerprint density at radius 2 is 2.40 bits per heavy atom. The van der Waals surface area contributed by atoms with Gasteiger partial charge in [-0.15, -0.1) is 0 Å². The molecule has 0 atom stereocenters. The second kappa shape index (κ2) is 3.65. The lowest BCUT2D eigenvalue weighted by atomic mass is 10.4. The first-order chi connectivity index (χ1) is 4.74. The Morgan fingerprint density at radius 3 is 2.90 bits per heavy atom. The van der Waals surface area contributed by atoms with Crippen LogP contribution in [0.15, 0.2) is 15.6 Å². The molecule has 0 amide bonds. The molecule has 0 aliphatic carbocycles. The molecule has 0 saturated heterocycles. The maximum Gasteiger partial charge on any atom is 0.244 e. The van der Waals surface area contributed by atoms with Crippen molar-refractivity contribution >= 4 is 45.7 Å². The molecule has 0 spiro atoms. The van der Waals surface area contributed by atoms with Crippen molar-refractivity contribution in [2.45, 2.75) is 6.92 Å². The van der Waals surface area contributed by atoms with Crippen LogP contribution in [0.5, 0.6) is 0 Å². The average molecular weight is 361 g/mol. The normalized spacial score (nSPS) is 12.1. The fraction of sp³-hybridized carbons (Fsp3) is 0.200. The predicted octanol–water partition coefficient (Wildman–Crippen LogP) is 1.64. The van der Waals surface area contributed by atoms with Gasteiger partial charge in [0, 0.05) is 12.4 Å². The van der Waals surface area contributed by atoms with Crippen LogP contribution in [0, 0.1) is 6.92 Å². The summed E-state index contributed by atoms with van der Waals surface area (Å²) in [6, 6.07) is 0. The first-order valence-electron chi connectivity index (χ1n) is 2.60. The number of nitrogens with zero attached hydrogens (tertiary/aromatic N) is 3. The standard InChI is InChI=1S/C5H5I2N3/c1-4-2-8-5(9-6)10(7)3-4/h2-3H,1H3/b9-5-. The molecule has 0 saturated carbocycles. The summed E-state index contributed by atoms with van der Waals surface area (Å²) in [5.74, 6) is 0. The van der Waals surface area contributed by atoms with Crippen LogP contribution in [0.25, 0.3) is 0 Å². The molecular weight excluding hydrogens is 356 g/mol. The molecule has 1 heterocycles. The molecule has 0 aliphatic heterocycles. The number of aromatic nitrogens is 2. The molecule has 1 rings (SSSR count). The van der Waals surface area contributed by atoms with E-state index >= 15 is 0 Å². The minimum absolute atomic E-state index is 0.729. The minimum Gasteiger partial charge on any atom is -0.257 e. The van der Waals surface area contributed by atoms with E-state index < -0.39 is 0 Å². The van der Waals surface area contributed by atoms with Crippen LogP contribution >= 0.6 is 45.7 Å². The third kappa shape index (κ3) is 1.91. The molecule has 5 heteroatoms. The highest BCUT2D eigenvalue weighted by Crippen LogP contribution is 1.93. The van der Waals surface area contributed by atoms with E-state index in [4.69, 9.17) is 0 Å². The first kappa shape index (κ1) is 8.44. The van der Waals surface area contributed by atoms with Crippen molar-refractivity contribution in [2.24, 2.45) is 3.21 Å². The summed E-state index contributed by atoms with van der Waals surface area (Å²) in [6.07, 6.45) is 3.78. The van der Waals surface area contributed by atoms with Crippen LogP contribution in [0.3, 0.4) is 0 Å². The molecular formula is C5H5I2N3. The monoisotopic (exact) mass is 361 g/mol. The van der Waals surface area contributed by atoms with Gasteiger partial charge in [-0.05, 0) is 12.5 Å². The van der Waals surface area contributed by atoms with Gasteiger partial charge in [-0.2, -0.15) is 3.21 Å². The van der Waals surface area contributed by atoms with Crippen LogP contribution in [0.4, 0.5) is 0 Å². The molecule has 0 N–H and O–H groups in total. The summed E-state index contributed by atoms with van der Waals surface area (Å²) in [5, 5.41) is 0. The average Bonchev–Trinajstić information content (AvgIpc) is 1.88. The molecule has 1 aromatic rings. The molecule has 1 aromatic heterocycles. The lowest BCUT2D eigenvalue weighted by Crippen LogP contribution is -2.15. The number of hydrogen-bond acceptors (Lipinski definition) is 2. The van der Waals surface area contributed by atoms with E-state index in [0.29, 0.717) is 0 Å². The van der Waals surface area contributed by atoms with Gasteiger partial charge in [0.2, 0.25) is 5.62 Å². The lowest BCUT2D eigenvalue weighted by Gasteiger charge is -1.94. The van der Waals surface area contributed by atoms with E-state index in [-0.39, 0.29) is 0 Å². The molecule has 10 heavy (non-hydrogen) atoms. The minimum atomic E-state index is 0.729. The lowest BCUT2D eigenvalue weighted by molar-refractivity contribution is 0.999. The van der Waals surface area contributed by atoms with Crippen molar-refractivity contribution in [1.82, 2.24) is 7.76 Å². The van der Waals surface area contributed by atoms with Crippen LogP contribution in [0.2, 0.25) is 0 Å². The van der Waals surface area contributed by atoms with Gasteiger partial charge in [0.05, 0.1) is 45.7 Å². The van der Waals surface area contributed by atoms with Crippen LogP contribution in [0.1, 0.15) is 5.56 Å². The quantitative estimate of drug-likeness (QED) is 0.647. The molecule has 0 radical (unpaired) electrons. The zero-order valence-corrected chi connectivity index (χ0v) is 9.57. The third-order valence-electron chi connectivity index (χ3n) is 0.967. The Balaban J connectivity index is 3.34. The van der Waals surface area contributed by atoms with Gasteiger partial charge in [-0.3, -0.25) is 2.78 Å². The van der Waals surface area contributed by atoms with Crippen LogP contribution in [-0.2, 0) is 0 Å². The van der Waals surface area contributed by atoms with E-state index in [9.17, 15) is 0 Å². The molecule has 0 bridgehead atoms. The Bertz CT molecular complexity index is 291. The highest BCUT2D eigenvalue weighted by molar-refractivity contribution is 14.1. The topological polar surface area (TPSA) is 30.2 Å². The van der Waals surface area contributed by atoms with Gasteiger partial charge in [0.1, 0.15) is 0 Å². The van der Waals surface area contributed by atoms with Crippen LogP contribution < -0.4 is 5.62 Å². The fourth-order valence-corrected chi connectivity index (χ4v) is 1.98. The fourth-order valence-electron chi connectivity index (χ4n) is 0.542. The second-order valence-electron chi connectivity index (χ2n) is 1.83. The number of aryl methyl sites for hydroxylation is 1. The SMILES string of the molecule is Cc1cn/c(=N/I)n(I)c1. The second-order valence-corrected chi connectivity index (χ2v) is 3.35. The highest BCUT2D eigenvalue weighted by Gasteiger charge is 1.88. The maximum absolute atomic E-state index is 4.08. The molecule has 0 fully saturated rings. The zero-order chi connectivity index (χ0) is 7.56. The highest BCUT2D eigenvalue weighted by atomic mass is 127. The van der Waals surface area contributed by atoms with Crippen LogP contribution in [-0.4, -0.2) is 7.76 Å². The van der Waals surface area contributed by atoms with Gasteiger partial charge < -0.3 is 0 Å². The van der Waals surface area contributed by atoms with E-state index in [1.807, 2.05) is 38.8 Å². The van der Waals surface area contributed by atoms with Gasteiger partial charge >= 0.3 is 0 Å². The van der Waals surface area contributed by atoms with Crippen molar-refractivity contribution in [3.8, 4) is 0 Å². The summed E-state index contributed by atoms with van der Waals surface area (Å²) < 4.78 is 5.79. The summed E-state index contributed by atoms with van der Waals surface area (Å²) in [4.78, 5) is 4.08. The Morgan fingerprint density at radius 1 is 1.70 bits per heavy atom. The van der Waals surface area contributed by atoms with Gasteiger partial charge in [-0.1, -0.05) is 0 Å². The molecule has 0 aliphatic rings. The van der Waals surface area contributed by atoms with Crippen molar-refractivity contribution < 1.29 is 0 Å². The Kier molecular flexibility index (Phi) is 3.08. The van der Waals surface area contributed by atoms with E-state index in [1.165, 1.54) is 0 Å². The molecule has 0 aromatic carbocycles. The molecule has 54 valence electrons. The smallest absolute Gasteiger partial charge is 0.244 e. The van der Waals surface area contributed by atoms with E-state index in [1.54, 1.807) is 6.20 Å².